The van der Waals surface area contributed by atoms with Crippen molar-refractivity contribution in [1.82, 2.24) is 0 Å². The van der Waals surface area contributed by atoms with Gasteiger partial charge in [0.25, 0.3) is 0 Å². The second-order valence-electron chi connectivity index (χ2n) is 7.24. The van der Waals surface area contributed by atoms with E-state index in [9.17, 15) is 18.3 Å². The molecule has 1 saturated heterocycles. The molecule has 150 valence electrons. The Balaban J connectivity index is 1.87. The molecule has 0 aliphatic carbocycles. The first-order chi connectivity index (χ1) is 13.1. The molecule has 8 heteroatoms. The highest BCUT2D eigenvalue weighted by Gasteiger charge is 2.26. The Kier molecular flexibility index (Phi) is 5.51. The number of hydrogen-bond acceptors (Lipinski definition) is 5. The molecule has 1 atom stereocenters. The number of rotatable bonds is 5. The molecule has 0 amide bonds. The number of aromatic carboxylic acids is 1. The number of nitrogens with zero attached hydrogens (tertiary/aromatic N) is 2. The van der Waals surface area contributed by atoms with Gasteiger partial charge in [-0.3, -0.25) is 4.72 Å². The minimum Gasteiger partial charge on any atom is -0.478 e. The third kappa shape index (κ3) is 4.56. The molecule has 1 aliphatic rings. The van der Waals surface area contributed by atoms with Crippen molar-refractivity contribution in [2.75, 3.05) is 40.4 Å². The van der Waals surface area contributed by atoms with E-state index in [0.29, 0.717) is 24.5 Å². The first kappa shape index (κ1) is 20.0. The Morgan fingerprint density at radius 1 is 1.18 bits per heavy atom. The van der Waals surface area contributed by atoms with Gasteiger partial charge in [0.1, 0.15) is 0 Å². The van der Waals surface area contributed by atoms with Crippen molar-refractivity contribution in [2.24, 2.45) is 0 Å². The fraction of sp³-hybridized carbons (Fsp3) is 0.350. The molecule has 2 aromatic rings. The molecule has 7 nitrogen and oxygen atoms in total. The van der Waals surface area contributed by atoms with Crippen molar-refractivity contribution in [2.45, 2.75) is 19.9 Å². The van der Waals surface area contributed by atoms with Gasteiger partial charge in [-0.05, 0) is 49.7 Å². The van der Waals surface area contributed by atoms with Gasteiger partial charge in [-0.1, -0.05) is 12.1 Å². The van der Waals surface area contributed by atoms with Crippen molar-refractivity contribution in [3.8, 4) is 0 Å². The number of sulfonamides is 1. The summed E-state index contributed by atoms with van der Waals surface area (Å²) >= 11 is 0. The van der Waals surface area contributed by atoms with Gasteiger partial charge in [-0.15, -0.1) is 0 Å². The maximum atomic E-state index is 11.8. The van der Waals surface area contributed by atoms with E-state index in [1.54, 1.807) is 6.07 Å². The molecule has 0 aromatic heterocycles. The summed E-state index contributed by atoms with van der Waals surface area (Å²) in [5, 5.41) is 9.24. The largest absolute Gasteiger partial charge is 0.478 e. The van der Waals surface area contributed by atoms with Crippen LogP contribution in [0.5, 0.6) is 0 Å². The zero-order valence-electron chi connectivity index (χ0n) is 16.2. The van der Waals surface area contributed by atoms with Crippen LogP contribution in [-0.2, 0) is 10.0 Å². The summed E-state index contributed by atoms with van der Waals surface area (Å²) in [5.41, 5.74) is 3.39. The van der Waals surface area contributed by atoms with E-state index >= 15 is 0 Å². The zero-order valence-corrected chi connectivity index (χ0v) is 17.0. The number of benzene rings is 2. The second-order valence-corrected chi connectivity index (χ2v) is 8.99. The average molecular weight is 404 g/mol. The van der Waals surface area contributed by atoms with E-state index in [2.05, 4.69) is 46.6 Å². The molecule has 0 bridgehead atoms. The monoisotopic (exact) mass is 403 g/mol. The van der Waals surface area contributed by atoms with Gasteiger partial charge in [0.15, 0.2) is 0 Å². The van der Waals surface area contributed by atoms with Gasteiger partial charge < -0.3 is 14.9 Å². The summed E-state index contributed by atoms with van der Waals surface area (Å²) in [7, 11) is -3.53. The predicted octanol–water partition coefficient (Wildman–Crippen LogP) is 2.78. The molecule has 2 N–H and O–H groups in total. The van der Waals surface area contributed by atoms with Crippen molar-refractivity contribution in [3.05, 3.63) is 53.6 Å². The summed E-state index contributed by atoms with van der Waals surface area (Å²) in [6, 6.07) is 13.1. The highest BCUT2D eigenvalue weighted by Crippen LogP contribution is 2.31. The quantitative estimate of drug-likeness (QED) is 0.798. The average Bonchev–Trinajstić information content (AvgIpc) is 2.60. The molecule has 28 heavy (non-hydrogen) atoms. The van der Waals surface area contributed by atoms with E-state index in [1.165, 1.54) is 23.4 Å². The van der Waals surface area contributed by atoms with Gasteiger partial charge in [0, 0.05) is 31.4 Å². The van der Waals surface area contributed by atoms with E-state index in [0.717, 1.165) is 12.8 Å². The van der Waals surface area contributed by atoms with Crippen LogP contribution in [0.25, 0.3) is 0 Å². The number of piperazine rings is 1. The molecule has 0 radical (unpaired) electrons. The molecule has 1 heterocycles. The number of hydrogen-bond donors (Lipinski definition) is 2. The van der Waals surface area contributed by atoms with Crippen LogP contribution < -0.4 is 14.5 Å². The molecule has 3 rings (SSSR count). The summed E-state index contributed by atoms with van der Waals surface area (Å²) in [4.78, 5) is 15.7. The Bertz CT molecular complexity index is 991. The molecule has 1 aliphatic heterocycles. The summed E-state index contributed by atoms with van der Waals surface area (Å²) < 4.78 is 26.0. The number of nitrogens with one attached hydrogen (secondary N) is 1. The lowest BCUT2D eigenvalue weighted by Gasteiger charge is -2.43. The van der Waals surface area contributed by atoms with Crippen molar-refractivity contribution < 1.29 is 18.3 Å². The maximum absolute atomic E-state index is 11.8. The van der Waals surface area contributed by atoms with Gasteiger partial charge in [-0.2, -0.15) is 0 Å². The highest BCUT2D eigenvalue weighted by atomic mass is 32.2. The Hall–Kier alpha value is -2.74. The molecule has 2 aromatic carbocycles. The highest BCUT2D eigenvalue weighted by molar-refractivity contribution is 7.92. The molecular formula is C20H25N3O4S. The summed E-state index contributed by atoms with van der Waals surface area (Å²) in [5.74, 6) is -1.10. The van der Waals surface area contributed by atoms with Gasteiger partial charge in [-0.25, -0.2) is 13.2 Å². The van der Waals surface area contributed by atoms with E-state index in [4.69, 9.17) is 0 Å². The van der Waals surface area contributed by atoms with Crippen LogP contribution in [0, 0.1) is 6.92 Å². The van der Waals surface area contributed by atoms with E-state index in [-0.39, 0.29) is 11.6 Å². The lowest BCUT2D eigenvalue weighted by atomic mass is 10.1. The third-order valence-electron chi connectivity index (χ3n) is 4.84. The fourth-order valence-corrected chi connectivity index (χ4v) is 4.16. The second kappa shape index (κ2) is 7.71. The minimum absolute atomic E-state index is 0.0429. The van der Waals surface area contributed by atoms with Crippen LogP contribution in [-0.4, -0.2) is 51.4 Å². The summed E-state index contributed by atoms with van der Waals surface area (Å²) in [6.07, 6.45) is 1.06. The Morgan fingerprint density at radius 2 is 1.93 bits per heavy atom. The third-order valence-corrected chi connectivity index (χ3v) is 5.43. The molecular weight excluding hydrogens is 378 g/mol. The van der Waals surface area contributed by atoms with Crippen LogP contribution in [0.2, 0.25) is 0 Å². The topological polar surface area (TPSA) is 89.9 Å². The first-order valence-electron chi connectivity index (χ1n) is 9.07. The van der Waals surface area contributed by atoms with Crippen LogP contribution in [0.1, 0.15) is 22.8 Å². The van der Waals surface area contributed by atoms with Crippen LogP contribution >= 0.6 is 0 Å². The SMILES string of the molecule is Cc1cccc(N2CCN(c3ccc(C(=O)O)cc3NS(C)(=O)=O)C[C@H]2C)c1. The molecule has 1 fully saturated rings. The zero-order chi connectivity index (χ0) is 20.5. The number of anilines is 3. The minimum atomic E-state index is -3.53. The summed E-state index contributed by atoms with van der Waals surface area (Å²) in [6.45, 7) is 6.37. The van der Waals surface area contributed by atoms with Crippen LogP contribution in [0.4, 0.5) is 17.1 Å². The first-order valence-corrected chi connectivity index (χ1v) is 11.0. The molecule has 0 spiro atoms. The number of aryl methyl sites for hydroxylation is 1. The number of carbonyl (C=O) groups is 1. The Morgan fingerprint density at radius 3 is 2.54 bits per heavy atom. The lowest BCUT2D eigenvalue weighted by molar-refractivity contribution is 0.0697. The smallest absolute Gasteiger partial charge is 0.335 e. The maximum Gasteiger partial charge on any atom is 0.335 e. The van der Waals surface area contributed by atoms with Crippen molar-refractivity contribution >= 4 is 33.1 Å². The van der Waals surface area contributed by atoms with Gasteiger partial charge in [0.2, 0.25) is 10.0 Å². The molecule has 0 unspecified atom stereocenters. The van der Waals surface area contributed by atoms with E-state index < -0.39 is 16.0 Å². The van der Waals surface area contributed by atoms with Crippen molar-refractivity contribution in [1.29, 1.82) is 0 Å². The van der Waals surface area contributed by atoms with Gasteiger partial charge in [0.05, 0.1) is 23.2 Å². The fourth-order valence-electron chi connectivity index (χ4n) is 3.59. The van der Waals surface area contributed by atoms with Crippen molar-refractivity contribution in [3.63, 3.8) is 0 Å². The van der Waals surface area contributed by atoms with E-state index in [1.807, 2.05) is 6.07 Å². The van der Waals surface area contributed by atoms with Gasteiger partial charge >= 0.3 is 5.97 Å². The molecule has 0 saturated carbocycles. The van der Waals surface area contributed by atoms with Crippen LogP contribution in [0.15, 0.2) is 42.5 Å². The van der Waals surface area contributed by atoms with Crippen LogP contribution in [0.3, 0.4) is 0 Å². The number of carboxylic acids is 1. The normalized spacial score (nSPS) is 17.5. The predicted molar refractivity (Wildman–Crippen MR) is 112 cm³/mol. The number of carboxylic acid groups (broad SMARTS) is 1. The Labute approximate surface area is 165 Å². The lowest BCUT2D eigenvalue weighted by Crippen LogP contribution is -2.52. The standard InChI is InChI=1S/C20H25N3O4S/c1-14-5-4-6-17(11-14)23-10-9-22(13-15(23)2)19-8-7-16(20(24)25)12-18(19)21-28(3,26)27/h4-8,11-12,15,21H,9-10,13H2,1-3H3,(H,24,25)/t15-/m1/s1.